The lowest BCUT2D eigenvalue weighted by Crippen LogP contribution is -2.29. The van der Waals surface area contributed by atoms with E-state index in [4.69, 9.17) is 57.0 Å². The second kappa shape index (κ2) is 35.6. The normalized spacial score (nSPS) is 12.5. The van der Waals surface area contributed by atoms with Crippen molar-refractivity contribution in [3.8, 4) is 5.75 Å². The number of ether oxygens (including phenoxy) is 10. The molecule has 0 spiro atoms. The van der Waals surface area contributed by atoms with Crippen molar-refractivity contribution in [2.75, 3.05) is 126 Å². The van der Waals surface area contributed by atoms with Gasteiger partial charge < -0.3 is 66.6 Å². The third kappa shape index (κ3) is 55.1. The van der Waals surface area contributed by atoms with Crippen LogP contribution in [0.4, 0.5) is 0 Å². The fourth-order valence-electron chi connectivity index (χ4n) is 5.02. The van der Waals surface area contributed by atoms with E-state index in [1.807, 2.05) is 51.4 Å². The Hall–Kier alpha value is -0.849. The van der Waals surface area contributed by atoms with Crippen molar-refractivity contribution in [3.05, 3.63) is 29.8 Å². The molecule has 0 aliphatic rings. The highest BCUT2D eigenvalue weighted by Gasteiger charge is 2.27. The molecule has 352 valence electrons. The molecule has 59 heavy (non-hydrogen) atoms. The molecule has 0 saturated carbocycles. The lowest BCUT2D eigenvalue weighted by molar-refractivity contribution is -0.0253. The number of rotatable bonds is 34. The largest absolute Gasteiger partial charge is 0.491 e. The maximum Gasteiger partial charge on any atom is 0.329 e. The van der Waals surface area contributed by atoms with Crippen LogP contribution in [0, 0.1) is 5.41 Å². The molecule has 0 aromatic heterocycles. The molecule has 17 heteroatoms. The first-order chi connectivity index (χ1) is 27.4. The molecule has 0 aliphatic heterocycles. The van der Waals surface area contributed by atoms with Gasteiger partial charge in [-0.1, -0.05) is 46.8 Å². The van der Waals surface area contributed by atoms with E-state index >= 15 is 0 Å². The Morgan fingerprint density at radius 1 is 0.407 bits per heavy atom. The first-order valence-electron chi connectivity index (χ1n) is 21.2. The van der Waals surface area contributed by atoms with E-state index in [1.165, 1.54) is 12.1 Å². The molecule has 0 radical (unpaired) electrons. The smallest absolute Gasteiger partial charge is 0.329 e. The van der Waals surface area contributed by atoms with Gasteiger partial charge in [-0.25, -0.2) is 0 Å². The van der Waals surface area contributed by atoms with Crippen molar-refractivity contribution in [2.24, 2.45) is 5.41 Å². The van der Waals surface area contributed by atoms with E-state index in [0.717, 1.165) is 12.2 Å². The standard InChI is InChI=1S/C36H68O12Si.2C3H10OSi/c1-35(2,3)32-36(4,5)33-8-10-34(11-9-33)48-30-29-47-28-27-46-26-25-45-24-23-44-22-21-43-20-19-42-18-17-41-16-15-40-14-13-39-12-7-31-49(6,37)38;2*1-5(2,3)4/h8-11,37-38H,7,12-32H2,1-6H3;2*4H,1-3H3. The average molecular weight is 901 g/mol. The number of hydrogen-bond donors (Lipinski definition) is 4. The highest BCUT2D eigenvalue weighted by atomic mass is 28.4. The maximum absolute atomic E-state index is 9.33. The Bertz CT molecular complexity index is 1030. The molecule has 0 fully saturated rings. The molecular formula is C42H88O14Si3. The van der Waals surface area contributed by atoms with Gasteiger partial charge in [0, 0.05) is 6.61 Å². The summed E-state index contributed by atoms with van der Waals surface area (Å²) in [5, 5.41) is 0. The van der Waals surface area contributed by atoms with Crippen LogP contribution in [-0.4, -0.2) is 170 Å². The summed E-state index contributed by atoms with van der Waals surface area (Å²) in [6.07, 6.45) is 1.76. The Labute approximate surface area is 362 Å². The average Bonchev–Trinajstić information content (AvgIpc) is 3.08. The highest BCUT2D eigenvalue weighted by molar-refractivity contribution is 6.68. The zero-order valence-corrected chi connectivity index (χ0v) is 42.2. The zero-order chi connectivity index (χ0) is 45.1. The van der Waals surface area contributed by atoms with Crippen molar-refractivity contribution >= 4 is 25.2 Å². The Balaban J connectivity index is 0. The molecule has 0 unspecified atom stereocenters. The monoisotopic (exact) mass is 901 g/mol. The third-order valence-corrected chi connectivity index (χ3v) is 8.32. The van der Waals surface area contributed by atoms with Crippen LogP contribution >= 0.6 is 0 Å². The fourth-order valence-corrected chi connectivity index (χ4v) is 5.83. The quantitative estimate of drug-likeness (QED) is 0.0469. The number of benzene rings is 1. The minimum absolute atomic E-state index is 0.121. The van der Waals surface area contributed by atoms with Crippen LogP contribution < -0.4 is 4.74 Å². The molecule has 0 saturated heterocycles. The molecule has 14 nitrogen and oxygen atoms in total. The van der Waals surface area contributed by atoms with E-state index in [2.05, 4.69) is 46.8 Å². The molecule has 0 aliphatic carbocycles. The summed E-state index contributed by atoms with van der Waals surface area (Å²) in [5.74, 6) is 0.858. The summed E-state index contributed by atoms with van der Waals surface area (Å²) < 4.78 is 55.2. The summed E-state index contributed by atoms with van der Waals surface area (Å²) in [7, 11) is -6.17. The molecule has 0 amide bonds. The lowest BCUT2D eigenvalue weighted by atomic mass is 9.72. The van der Waals surface area contributed by atoms with Gasteiger partial charge >= 0.3 is 8.56 Å². The van der Waals surface area contributed by atoms with Gasteiger partial charge in [0.2, 0.25) is 0 Å². The van der Waals surface area contributed by atoms with Crippen molar-refractivity contribution in [1.82, 2.24) is 0 Å². The molecule has 1 aromatic rings. The Morgan fingerprint density at radius 2 is 0.661 bits per heavy atom. The lowest BCUT2D eigenvalue weighted by Gasteiger charge is -2.33. The van der Waals surface area contributed by atoms with Crippen LogP contribution in [0.3, 0.4) is 0 Å². The van der Waals surface area contributed by atoms with Crippen molar-refractivity contribution < 1.29 is 66.6 Å². The summed E-state index contributed by atoms with van der Waals surface area (Å²) in [4.78, 5) is 36.0. The Kier molecular flexibility index (Phi) is 36.3. The molecule has 1 rings (SSSR count). The van der Waals surface area contributed by atoms with Crippen LogP contribution in [0.15, 0.2) is 24.3 Å². The topological polar surface area (TPSA) is 173 Å². The van der Waals surface area contributed by atoms with Gasteiger partial charge in [-0.05, 0) is 93.2 Å². The highest BCUT2D eigenvalue weighted by Crippen LogP contribution is 2.36. The van der Waals surface area contributed by atoms with Gasteiger partial charge in [0.25, 0.3) is 0 Å². The summed E-state index contributed by atoms with van der Waals surface area (Å²) in [5.41, 5.74) is 1.73. The van der Waals surface area contributed by atoms with E-state index < -0.39 is 25.2 Å². The summed E-state index contributed by atoms with van der Waals surface area (Å²) in [6, 6.07) is 8.83. The van der Waals surface area contributed by atoms with E-state index in [9.17, 15) is 9.59 Å². The van der Waals surface area contributed by atoms with Crippen LogP contribution in [0.25, 0.3) is 0 Å². The molecule has 4 N–H and O–H groups in total. The minimum Gasteiger partial charge on any atom is -0.491 e. The van der Waals surface area contributed by atoms with Crippen molar-refractivity contribution in [2.45, 2.75) is 105 Å². The van der Waals surface area contributed by atoms with Crippen LogP contribution in [0.2, 0.25) is 51.9 Å². The molecule has 0 atom stereocenters. The molecule has 1 aromatic carbocycles. The van der Waals surface area contributed by atoms with Gasteiger partial charge in [0.1, 0.15) is 12.4 Å². The Morgan fingerprint density at radius 3 is 0.915 bits per heavy atom. The third-order valence-electron chi connectivity index (χ3n) is 7.02. The maximum atomic E-state index is 9.33. The van der Waals surface area contributed by atoms with Gasteiger partial charge in [0.05, 0.1) is 112 Å². The van der Waals surface area contributed by atoms with Crippen molar-refractivity contribution in [1.29, 1.82) is 0 Å². The van der Waals surface area contributed by atoms with E-state index in [1.54, 1.807) is 0 Å². The van der Waals surface area contributed by atoms with Crippen molar-refractivity contribution in [3.63, 3.8) is 0 Å². The van der Waals surface area contributed by atoms with Crippen LogP contribution in [0.5, 0.6) is 5.75 Å². The van der Waals surface area contributed by atoms with Gasteiger partial charge in [-0.2, -0.15) is 0 Å². The predicted molar refractivity (Wildman–Crippen MR) is 243 cm³/mol. The van der Waals surface area contributed by atoms with Crippen LogP contribution in [0.1, 0.15) is 53.0 Å². The van der Waals surface area contributed by atoms with Gasteiger partial charge in [-0.15, -0.1) is 0 Å². The van der Waals surface area contributed by atoms with E-state index in [0.29, 0.717) is 138 Å². The molecular weight excluding hydrogens is 813 g/mol. The second-order valence-corrected chi connectivity index (χ2v) is 29.8. The summed E-state index contributed by atoms with van der Waals surface area (Å²) in [6.45, 7) is 33.7. The first-order valence-corrected chi connectivity index (χ1v) is 30.7. The SMILES string of the molecule is CC(C)(C)CC(C)(C)c1ccc(OCCOCCOCCOCCOCCOCCOCCOCCOCCOCCC[Si](C)(O)O)cc1.C[Si](C)(C)O.C[Si](C)(C)O. The summed E-state index contributed by atoms with van der Waals surface area (Å²) >= 11 is 0. The van der Waals surface area contributed by atoms with E-state index in [-0.39, 0.29) is 10.8 Å². The first kappa shape index (κ1) is 60.2. The fraction of sp³-hybridized carbons (Fsp3) is 0.857. The number of hydrogen-bond acceptors (Lipinski definition) is 14. The van der Waals surface area contributed by atoms with Crippen LogP contribution in [-0.2, 0) is 48.0 Å². The zero-order valence-electron chi connectivity index (χ0n) is 39.2. The predicted octanol–water partition coefficient (Wildman–Crippen LogP) is 6.00. The molecule has 0 heterocycles. The second-order valence-electron chi connectivity index (χ2n) is 18.2. The van der Waals surface area contributed by atoms with Gasteiger partial charge in [-0.3, -0.25) is 0 Å². The minimum atomic E-state index is -2.95. The van der Waals surface area contributed by atoms with Gasteiger partial charge in [0.15, 0.2) is 16.6 Å². The molecule has 0 bridgehead atoms.